The Kier molecular flexibility index (Phi) is 5.21. The monoisotopic (exact) mass is 291 g/mol. The van der Waals surface area contributed by atoms with Gasteiger partial charge in [0.05, 0.1) is 6.33 Å². The van der Waals surface area contributed by atoms with E-state index in [0.717, 1.165) is 31.0 Å². The van der Waals surface area contributed by atoms with E-state index in [4.69, 9.17) is 11.6 Å². The van der Waals surface area contributed by atoms with Gasteiger partial charge in [0.15, 0.2) is 0 Å². The van der Waals surface area contributed by atoms with Crippen LogP contribution < -0.4 is 5.32 Å². The van der Waals surface area contributed by atoms with Crippen LogP contribution in [0.3, 0.4) is 0 Å². The smallest absolute Gasteiger partial charge is 0.0945 e. The number of halogens is 1. The average molecular weight is 292 g/mol. The molecule has 0 saturated heterocycles. The summed E-state index contributed by atoms with van der Waals surface area (Å²) in [6.45, 7) is 6.44. The van der Waals surface area contributed by atoms with Gasteiger partial charge in [-0.3, -0.25) is 0 Å². The van der Waals surface area contributed by atoms with E-state index in [-0.39, 0.29) is 5.54 Å². The number of hydrogen-bond acceptors (Lipinski definition) is 2. The Balaban J connectivity index is 1.73. The molecule has 1 aromatic heterocycles. The molecule has 3 nitrogen and oxygen atoms in total. The van der Waals surface area contributed by atoms with Gasteiger partial charge in [0.1, 0.15) is 0 Å². The molecule has 0 aliphatic carbocycles. The summed E-state index contributed by atoms with van der Waals surface area (Å²) in [5, 5.41) is 4.39. The summed E-state index contributed by atoms with van der Waals surface area (Å²) in [6.07, 6.45) is 7.99. The maximum absolute atomic E-state index is 5.93. The normalized spacial score (nSPS) is 11.8. The topological polar surface area (TPSA) is 29.9 Å². The van der Waals surface area contributed by atoms with Gasteiger partial charge in [-0.25, -0.2) is 4.98 Å². The van der Waals surface area contributed by atoms with Crippen LogP contribution in [0.4, 0.5) is 0 Å². The fourth-order valence-corrected chi connectivity index (χ4v) is 2.33. The maximum atomic E-state index is 5.93. The molecule has 2 aromatic rings. The Morgan fingerprint density at radius 2 is 1.95 bits per heavy atom. The van der Waals surface area contributed by atoms with Crippen molar-refractivity contribution in [2.75, 3.05) is 6.54 Å². The Labute approximate surface area is 126 Å². The second-order valence-corrected chi connectivity index (χ2v) is 6.00. The lowest BCUT2D eigenvalue weighted by Crippen LogP contribution is -2.37. The van der Waals surface area contributed by atoms with Gasteiger partial charge in [0, 0.05) is 29.5 Å². The molecule has 0 unspecified atom stereocenters. The molecule has 108 valence electrons. The van der Waals surface area contributed by atoms with Crippen LogP contribution in [-0.4, -0.2) is 16.1 Å². The van der Waals surface area contributed by atoms with Crippen molar-refractivity contribution in [3.63, 3.8) is 0 Å². The fraction of sp³-hybridized carbons (Fsp3) is 0.438. The van der Waals surface area contributed by atoms with Crippen LogP contribution in [0.1, 0.15) is 32.3 Å². The first-order chi connectivity index (χ1) is 9.58. The van der Waals surface area contributed by atoms with Gasteiger partial charge in [-0.15, -0.1) is 0 Å². The molecule has 20 heavy (non-hydrogen) atoms. The number of imidazole rings is 1. The van der Waals surface area contributed by atoms with Crippen molar-refractivity contribution in [1.29, 1.82) is 0 Å². The second kappa shape index (κ2) is 6.91. The Bertz CT molecular complexity index is 503. The van der Waals surface area contributed by atoms with E-state index in [0.29, 0.717) is 0 Å². The molecule has 0 fully saturated rings. The van der Waals surface area contributed by atoms with Gasteiger partial charge in [-0.1, -0.05) is 23.7 Å². The molecule has 2 rings (SSSR count). The summed E-state index contributed by atoms with van der Waals surface area (Å²) >= 11 is 5.93. The Hall–Kier alpha value is -1.32. The average Bonchev–Trinajstić information content (AvgIpc) is 2.92. The fourth-order valence-electron chi connectivity index (χ4n) is 2.21. The minimum Gasteiger partial charge on any atom is -0.337 e. The molecule has 0 aliphatic rings. The highest BCUT2D eigenvalue weighted by molar-refractivity contribution is 6.30. The lowest BCUT2D eigenvalue weighted by Gasteiger charge is -2.27. The molecule has 0 spiro atoms. The number of benzene rings is 1. The molecule has 1 heterocycles. The summed E-state index contributed by atoms with van der Waals surface area (Å²) < 4.78 is 2.12. The van der Waals surface area contributed by atoms with Crippen molar-refractivity contribution >= 4 is 11.6 Å². The number of hydrogen-bond donors (Lipinski definition) is 1. The first kappa shape index (κ1) is 15.1. The van der Waals surface area contributed by atoms with Crippen LogP contribution in [0.5, 0.6) is 0 Å². The van der Waals surface area contributed by atoms with Crippen LogP contribution in [0.15, 0.2) is 43.0 Å². The molecule has 0 amide bonds. The summed E-state index contributed by atoms with van der Waals surface area (Å²) in [6, 6.07) is 8.06. The zero-order valence-corrected chi connectivity index (χ0v) is 12.9. The van der Waals surface area contributed by atoms with Gasteiger partial charge >= 0.3 is 0 Å². The van der Waals surface area contributed by atoms with E-state index < -0.39 is 0 Å². The van der Waals surface area contributed by atoms with Crippen LogP contribution in [0.2, 0.25) is 5.02 Å². The molecular formula is C16H22ClN3. The molecule has 1 N–H and O–H groups in total. The Morgan fingerprint density at radius 3 is 2.60 bits per heavy atom. The molecule has 4 heteroatoms. The van der Waals surface area contributed by atoms with Crippen LogP contribution in [0.25, 0.3) is 0 Å². The minimum atomic E-state index is -0.0282. The van der Waals surface area contributed by atoms with E-state index >= 15 is 0 Å². The highest BCUT2D eigenvalue weighted by atomic mass is 35.5. The summed E-state index contributed by atoms with van der Waals surface area (Å²) in [5.41, 5.74) is 1.23. The zero-order valence-electron chi connectivity index (χ0n) is 12.1. The predicted octanol–water partition coefficient (Wildman–Crippen LogP) is 3.84. The highest BCUT2D eigenvalue weighted by Gasteiger charge is 2.18. The van der Waals surface area contributed by atoms with Gasteiger partial charge in [0.2, 0.25) is 0 Å². The van der Waals surface area contributed by atoms with Crippen molar-refractivity contribution in [3.8, 4) is 0 Å². The van der Waals surface area contributed by atoms with Crippen molar-refractivity contribution in [3.05, 3.63) is 53.6 Å². The van der Waals surface area contributed by atoms with E-state index in [9.17, 15) is 0 Å². The Morgan fingerprint density at radius 1 is 1.20 bits per heavy atom. The van der Waals surface area contributed by atoms with E-state index in [1.807, 2.05) is 30.9 Å². The van der Waals surface area contributed by atoms with E-state index in [1.165, 1.54) is 5.56 Å². The molecule has 0 radical (unpaired) electrons. The largest absolute Gasteiger partial charge is 0.337 e. The number of aromatic nitrogens is 2. The number of nitrogens with zero attached hydrogens (tertiary/aromatic N) is 2. The molecule has 0 saturated carbocycles. The standard InChI is InChI=1S/C16H22ClN3/c1-16(2,14-5-7-15(17)8-6-14)19-9-3-4-11-20-12-10-18-13-20/h5-8,10,12-13,19H,3-4,9,11H2,1-2H3. The number of unbranched alkanes of at least 4 members (excludes halogenated alkanes) is 1. The first-order valence-corrected chi connectivity index (χ1v) is 7.42. The van der Waals surface area contributed by atoms with Gasteiger partial charge in [-0.2, -0.15) is 0 Å². The molecule has 1 aromatic carbocycles. The molecular weight excluding hydrogens is 270 g/mol. The van der Waals surface area contributed by atoms with Crippen LogP contribution in [-0.2, 0) is 12.1 Å². The number of rotatable bonds is 7. The van der Waals surface area contributed by atoms with Crippen molar-refractivity contribution in [2.24, 2.45) is 0 Å². The lowest BCUT2D eigenvalue weighted by molar-refractivity contribution is 0.393. The minimum absolute atomic E-state index is 0.0282. The van der Waals surface area contributed by atoms with Crippen molar-refractivity contribution < 1.29 is 0 Å². The van der Waals surface area contributed by atoms with Crippen molar-refractivity contribution in [1.82, 2.24) is 14.9 Å². The third-order valence-corrected chi connectivity index (χ3v) is 3.79. The summed E-state index contributed by atoms with van der Waals surface area (Å²) in [5.74, 6) is 0. The van der Waals surface area contributed by atoms with E-state index in [2.05, 4.69) is 40.8 Å². The first-order valence-electron chi connectivity index (χ1n) is 7.05. The quantitative estimate of drug-likeness (QED) is 0.786. The second-order valence-electron chi connectivity index (χ2n) is 5.57. The van der Waals surface area contributed by atoms with Crippen LogP contribution in [0, 0.1) is 0 Å². The zero-order chi connectivity index (χ0) is 14.4. The van der Waals surface area contributed by atoms with Crippen LogP contribution >= 0.6 is 11.6 Å². The van der Waals surface area contributed by atoms with Crippen molar-refractivity contribution in [2.45, 2.75) is 38.8 Å². The third kappa shape index (κ3) is 4.36. The predicted molar refractivity (Wildman–Crippen MR) is 83.9 cm³/mol. The molecule has 0 atom stereocenters. The van der Waals surface area contributed by atoms with Gasteiger partial charge in [0.25, 0.3) is 0 Å². The SMILES string of the molecule is CC(C)(NCCCCn1ccnc1)c1ccc(Cl)cc1. The van der Waals surface area contributed by atoms with Gasteiger partial charge < -0.3 is 9.88 Å². The molecule has 0 aliphatic heterocycles. The number of aryl methyl sites for hydroxylation is 1. The maximum Gasteiger partial charge on any atom is 0.0945 e. The number of nitrogens with one attached hydrogen (secondary N) is 1. The van der Waals surface area contributed by atoms with E-state index in [1.54, 1.807) is 0 Å². The van der Waals surface area contributed by atoms with Gasteiger partial charge in [-0.05, 0) is 50.9 Å². The third-order valence-electron chi connectivity index (χ3n) is 3.54. The summed E-state index contributed by atoms with van der Waals surface area (Å²) in [4.78, 5) is 4.04. The highest BCUT2D eigenvalue weighted by Crippen LogP contribution is 2.21. The molecule has 0 bridgehead atoms. The lowest BCUT2D eigenvalue weighted by atomic mass is 9.94. The summed E-state index contributed by atoms with van der Waals surface area (Å²) in [7, 11) is 0.